The van der Waals surface area contributed by atoms with Gasteiger partial charge in [-0.05, 0) is 26.8 Å². The van der Waals surface area contributed by atoms with Gasteiger partial charge in [-0.1, -0.05) is 381 Å². The van der Waals surface area contributed by atoms with E-state index >= 15 is 0 Å². The van der Waals surface area contributed by atoms with E-state index in [-0.39, 0.29) is 0 Å². The van der Waals surface area contributed by atoms with Crippen molar-refractivity contribution in [3.63, 3.8) is 0 Å². The van der Waals surface area contributed by atoms with Crippen LogP contribution in [0.3, 0.4) is 0 Å². The van der Waals surface area contributed by atoms with Crippen LogP contribution in [0.25, 0.3) is 0 Å². The van der Waals surface area contributed by atoms with Gasteiger partial charge in [0.2, 0.25) is 0 Å². The summed E-state index contributed by atoms with van der Waals surface area (Å²) in [6, 6.07) is 70.8. The predicted octanol–water partition coefficient (Wildman–Crippen LogP) is 18.1. The summed E-state index contributed by atoms with van der Waals surface area (Å²) >= 11 is 0. The van der Waals surface area contributed by atoms with Gasteiger partial charge < -0.3 is 0 Å². The molecule has 0 unspecified atom stereocenters. The van der Waals surface area contributed by atoms with Gasteiger partial charge in [-0.15, -0.1) is 0 Å². The highest BCUT2D eigenvalue weighted by Crippen LogP contribution is 2.56. The number of nitrogens with zero attached hydrogens (tertiary/aromatic N) is 1. The van der Waals surface area contributed by atoms with Crippen molar-refractivity contribution in [1.29, 1.82) is 0 Å². The lowest BCUT2D eigenvalue weighted by Gasteiger charge is -2.41. The Kier molecular flexibility index (Phi) is 27.1. The molecule has 0 heterocycles. The van der Waals surface area contributed by atoms with E-state index in [1.807, 2.05) is 0 Å². The van der Waals surface area contributed by atoms with E-state index in [0.717, 1.165) is 6.54 Å². The topological polar surface area (TPSA) is 3.24 Å². The van der Waals surface area contributed by atoms with Gasteiger partial charge >= 0.3 is 0 Å². The van der Waals surface area contributed by atoms with Gasteiger partial charge in [-0.25, -0.2) is 4.44 Å². The SMILES string of the molecule is CCC[Si](CCC)(CCC)c1cccc(P(c2cccc([Si](CCC)(CCC)CCC)c2)N(Cc2ccccc2)P(c2cccc([Si](CCC)(CCC)CCC)c2)c2cccc([Si](CCC)(CCC)CCC)c2)c1. The summed E-state index contributed by atoms with van der Waals surface area (Å²) in [5.74, 6) is 0. The van der Waals surface area contributed by atoms with Gasteiger partial charge in [-0.3, -0.25) is 0 Å². The van der Waals surface area contributed by atoms with E-state index in [1.54, 1.807) is 42.0 Å². The molecule has 0 saturated carbocycles. The van der Waals surface area contributed by atoms with Crippen LogP contribution in [0.2, 0.25) is 72.5 Å². The van der Waals surface area contributed by atoms with Crippen LogP contribution in [0.1, 0.15) is 166 Å². The standard InChI is InChI=1S/C67H107NP2Si4/c1-13-42-71(43-14-2,44-15-3)64-38-28-34-60(54-64)69(61-35-29-39-65(55-61)72(45-16-4,46-17-5)47-18-6)68(58-59-32-26-25-27-33-59)70(62-36-30-40-66(56-62)73(48-19-7,49-20-8)50-21-9)63-37-31-41-67(57-63)74(51-22-10,52-23-11)53-24-12/h25-41,54-57H,13-24,42-53,58H2,1-12H3. The zero-order chi connectivity index (χ0) is 53.5. The maximum atomic E-state index is 3.19. The Morgan fingerprint density at radius 2 is 0.486 bits per heavy atom. The van der Waals surface area contributed by atoms with E-state index in [2.05, 4.69) is 215 Å². The molecule has 5 rings (SSSR count). The van der Waals surface area contributed by atoms with Crippen molar-refractivity contribution in [2.75, 3.05) is 0 Å². The summed E-state index contributed by atoms with van der Waals surface area (Å²) in [6.45, 7) is 30.5. The largest absolute Gasteiger partial charge is 0.240 e. The third-order valence-electron chi connectivity index (χ3n) is 17.2. The second-order valence-corrected chi connectivity index (χ2v) is 46.1. The fourth-order valence-electron chi connectivity index (χ4n) is 14.7. The predicted molar refractivity (Wildman–Crippen MR) is 353 cm³/mol. The van der Waals surface area contributed by atoms with Crippen LogP contribution in [0.5, 0.6) is 0 Å². The molecule has 0 aliphatic carbocycles. The van der Waals surface area contributed by atoms with Gasteiger partial charge in [0.05, 0.1) is 32.3 Å². The van der Waals surface area contributed by atoms with Crippen molar-refractivity contribution >= 4 is 90.4 Å². The lowest BCUT2D eigenvalue weighted by atomic mass is 10.2. The molecule has 0 fully saturated rings. The maximum absolute atomic E-state index is 3.19. The molecule has 7 heteroatoms. The molecule has 0 amide bonds. The molecule has 0 aromatic heterocycles. The molecule has 0 saturated heterocycles. The molecule has 1 nitrogen and oxygen atoms in total. The fourth-order valence-corrected chi connectivity index (χ4v) is 42.9. The zero-order valence-corrected chi connectivity index (χ0v) is 55.4. The van der Waals surface area contributed by atoms with Crippen molar-refractivity contribution < 1.29 is 0 Å². The highest BCUT2D eigenvalue weighted by atomic mass is 31.2. The summed E-state index contributed by atoms with van der Waals surface area (Å²) < 4.78 is 3.19. The van der Waals surface area contributed by atoms with Crippen LogP contribution < -0.4 is 42.0 Å². The van der Waals surface area contributed by atoms with Crippen LogP contribution in [0.4, 0.5) is 0 Å². The molecule has 406 valence electrons. The normalized spacial score (nSPS) is 12.7. The smallest absolute Gasteiger partial charge is 0.0867 e. The summed E-state index contributed by atoms with van der Waals surface area (Å²) in [7, 11) is -9.10. The van der Waals surface area contributed by atoms with Gasteiger partial charge in [0, 0.05) is 22.7 Å². The molecular weight excluding hydrogens is 993 g/mol. The molecule has 5 aromatic carbocycles. The second kappa shape index (κ2) is 32.0. The zero-order valence-electron chi connectivity index (χ0n) is 49.6. The quantitative estimate of drug-likeness (QED) is 0.0285. The lowest BCUT2D eigenvalue weighted by Crippen LogP contribution is -2.49. The average Bonchev–Trinajstić information content (AvgIpc) is 3.40. The van der Waals surface area contributed by atoms with E-state index in [4.69, 9.17) is 0 Å². The van der Waals surface area contributed by atoms with E-state index < -0.39 is 48.4 Å². The monoisotopic (exact) mass is 1100 g/mol. The van der Waals surface area contributed by atoms with E-state index in [0.29, 0.717) is 0 Å². The van der Waals surface area contributed by atoms with E-state index in [1.165, 1.54) is 155 Å². The molecule has 0 N–H and O–H groups in total. The Balaban J connectivity index is 2.02. The third-order valence-corrected chi connectivity index (χ3v) is 46.2. The molecule has 0 aliphatic rings. The number of hydrogen-bond acceptors (Lipinski definition) is 1. The van der Waals surface area contributed by atoms with Crippen molar-refractivity contribution in [2.24, 2.45) is 0 Å². The minimum absolute atomic E-state index is 0.924. The molecule has 0 aliphatic heterocycles. The average molecular weight is 1100 g/mol. The summed E-state index contributed by atoms with van der Waals surface area (Å²) in [6.07, 6.45) is 15.4. The van der Waals surface area contributed by atoms with Gasteiger partial charge in [0.1, 0.15) is 0 Å². The molecular formula is C67H107NP2Si4. The van der Waals surface area contributed by atoms with Crippen LogP contribution in [-0.2, 0) is 6.54 Å². The van der Waals surface area contributed by atoms with Crippen LogP contribution in [0, 0.1) is 0 Å². The molecule has 0 bridgehead atoms. The first-order valence-corrected chi connectivity index (χ1v) is 44.0. The van der Waals surface area contributed by atoms with Crippen molar-refractivity contribution in [1.82, 2.24) is 4.44 Å². The Labute approximate surface area is 464 Å². The Hall–Kier alpha value is -2.21. The van der Waals surface area contributed by atoms with Gasteiger partial charge in [0.15, 0.2) is 0 Å². The minimum Gasteiger partial charge on any atom is -0.240 e. The first-order valence-electron chi connectivity index (χ1n) is 30.9. The van der Waals surface area contributed by atoms with Crippen LogP contribution in [0.15, 0.2) is 127 Å². The summed E-state index contributed by atoms with van der Waals surface area (Å²) in [4.78, 5) is 0. The number of benzene rings is 5. The maximum Gasteiger partial charge on any atom is 0.0867 e. The number of rotatable bonds is 36. The molecule has 0 atom stereocenters. The fraction of sp³-hybridized carbons (Fsp3) is 0.552. The molecule has 5 aromatic rings. The Morgan fingerprint density at radius 1 is 0.270 bits per heavy atom. The first-order chi connectivity index (χ1) is 36.0. The van der Waals surface area contributed by atoms with Crippen LogP contribution in [-0.4, -0.2) is 36.7 Å². The van der Waals surface area contributed by atoms with Crippen molar-refractivity contribution in [3.8, 4) is 0 Å². The minimum atomic E-state index is -1.78. The lowest BCUT2D eigenvalue weighted by molar-refractivity contribution is 0.717. The molecule has 0 spiro atoms. The van der Waals surface area contributed by atoms with Gasteiger partial charge in [-0.2, -0.15) is 0 Å². The summed E-state index contributed by atoms with van der Waals surface area (Å²) in [5.41, 5.74) is 1.43. The van der Waals surface area contributed by atoms with Crippen LogP contribution >= 0.6 is 16.1 Å². The highest BCUT2D eigenvalue weighted by molar-refractivity contribution is 7.84. The summed E-state index contributed by atoms with van der Waals surface area (Å²) in [5, 5.41) is 13.2. The molecule has 74 heavy (non-hydrogen) atoms. The van der Waals surface area contributed by atoms with Crippen molar-refractivity contribution in [2.45, 2.75) is 239 Å². The van der Waals surface area contributed by atoms with E-state index in [9.17, 15) is 0 Å². The second-order valence-electron chi connectivity index (χ2n) is 23.0. The Bertz CT molecular complexity index is 2000. The van der Waals surface area contributed by atoms with Gasteiger partial charge in [0.25, 0.3) is 0 Å². The Morgan fingerprint density at radius 3 is 0.689 bits per heavy atom. The number of hydrogen-bond donors (Lipinski definition) is 0. The molecule has 0 radical (unpaired) electrons. The third kappa shape index (κ3) is 15.5. The first kappa shape index (κ1) is 62.6. The van der Waals surface area contributed by atoms with Crippen molar-refractivity contribution in [3.05, 3.63) is 133 Å². The highest BCUT2D eigenvalue weighted by Gasteiger charge is 2.40.